The molecular weight excluding hydrogens is 240 g/mol. The second-order valence-corrected chi connectivity index (χ2v) is 4.31. The first-order chi connectivity index (χ1) is 9.24. The lowest BCUT2D eigenvalue weighted by atomic mass is 10.1. The van der Waals surface area contributed by atoms with Crippen LogP contribution in [-0.2, 0) is 6.61 Å². The van der Waals surface area contributed by atoms with Gasteiger partial charge in [0.1, 0.15) is 5.75 Å². The van der Waals surface area contributed by atoms with Crippen molar-refractivity contribution in [1.82, 2.24) is 10.3 Å². The van der Waals surface area contributed by atoms with E-state index in [9.17, 15) is 5.11 Å². The second-order valence-electron chi connectivity index (χ2n) is 4.31. The van der Waals surface area contributed by atoms with Crippen LogP contribution in [0.5, 0.6) is 11.6 Å². The van der Waals surface area contributed by atoms with Crippen molar-refractivity contribution in [2.45, 2.75) is 19.6 Å². The van der Waals surface area contributed by atoms with Crippen LogP contribution in [0.25, 0.3) is 0 Å². The quantitative estimate of drug-likeness (QED) is 0.865. The maximum absolute atomic E-state index is 9.24. The first kappa shape index (κ1) is 13.5. The summed E-state index contributed by atoms with van der Waals surface area (Å²) >= 11 is 0. The van der Waals surface area contributed by atoms with Gasteiger partial charge >= 0.3 is 0 Å². The summed E-state index contributed by atoms with van der Waals surface area (Å²) < 4.78 is 5.68. The average Bonchev–Trinajstić information content (AvgIpc) is 2.48. The van der Waals surface area contributed by atoms with E-state index in [4.69, 9.17) is 4.74 Å². The standard InChI is InChI=1S/C15H18N2O2/c1-11(16-2)12-7-8-15(17-9-12)19-14-6-4-3-5-13(14)10-18/h3-9,11,16,18H,10H2,1-2H3. The third-order valence-electron chi connectivity index (χ3n) is 3.05. The maximum Gasteiger partial charge on any atom is 0.219 e. The minimum absolute atomic E-state index is 0.0505. The van der Waals surface area contributed by atoms with Crippen LogP contribution in [-0.4, -0.2) is 17.1 Å². The van der Waals surface area contributed by atoms with E-state index in [2.05, 4.69) is 17.2 Å². The summed E-state index contributed by atoms with van der Waals surface area (Å²) in [7, 11) is 1.91. The van der Waals surface area contributed by atoms with Crippen LogP contribution in [0.4, 0.5) is 0 Å². The number of hydrogen-bond acceptors (Lipinski definition) is 4. The Morgan fingerprint density at radius 3 is 2.68 bits per heavy atom. The normalized spacial score (nSPS) is 12.2. The van der Waals surface area contributed by atoms with Gasteiger partial charge in [0, 0.05) is 23.9 Å². The van der Waals surface area contributed by atoms with Crippen molar-refractivity contribution in [3.63, 3.8) is 0 Å². The Hall–Kier alpha value is -1.91. The Labute approximate surface area is 113 Å². The van der Waals surface area contributed by atoms with E-state index in [1.165, 1.54) is 0 Å². The van der Waals surface area contributed by atoms with E-state index in [1.807, 2.05) is 43.4 Å². The molecule has 0 aliphatic carbocycles. The van der Waals surface area contributed by atoms with E-state index in [0.29, 0.717) is 11.6 Å². The molecule has 0 saturated carbocycles. The summed E-state index contributed by atoms with van der Waals surface area (Å²) in [5.41, 5.74) is 1.85. The molecule has 2 N–H and O–H groups in total. The van der Waals surface area contributed by atoms with E-state index >= 15 is 0 Å². The van der Waals surface area contributed by atoms with E-state index < -0.39 is 0 Å². The van der Waals surface area contributed by atoms with Crippen molar-refractivity contribution in [3.8, 4) is 11.6 Å². The number of aromatic nitrogens is 1. The first-order valence-corrected chi connectivity index (χ1v) is 6.24. The van der Waals surface area contributed by atoms with Crippen molar-refractivity contribution in [3.05, 3.63) is 53.7 Å². The summed E-state index contributed by atoms with van der Waals surface area (Å²) in [5, 5.41) is 12.4. The van der Waals surface area contributed by atoms with Crippen LogP contribution in [0.1, 0.15) is 24.1 Å². The summed E-state index contributed by atoms with van der Waals surface area (Å²) in [6.07, 6.45) is 1.79. The highest BCUT2D eigenvalue weighted by molar-refractivity contribution is 5.35. The Morgan fingerprint density at radius 1 is 1.26 bits per heavy atom. The molecule has 1 atom stereocenters. The molecule has 0 spiro atoms. The van der Waals surface area contributed by atoms with Crippen LogP contribution in [0.2, 0.25) is 0 Å². The summed E-state index contributed by atoms with van der Waals surface area (Å²) in [6, 6.07) is 11.4. The van der Waals surface area contributed by atoms with Crippen LogP contribution in [0.3, 0.4) is 0 Å². The highest BCUT2D eigenvalue weighted by atomic mass is 16.5. The summed E-state index contributed by atoms with van der Waals surface area (Å²) in [5.74, 6) is 1.15. The summed E-state index contributed by atoms with van der Waals surface area (Å²) in [4.78, 5) is 4.27. The minimum atomic E-state index is -0.0505. The molecule has 0 amide bonds. The number of pyridine rings is 1. The monoisotopic (exact) mass is 258 g/mol. The fraction of sp³-hybridized carbons (Fsp3) is 0.267. The molecule has 1 aromatic heterocycles. The Bertz CT molecular complexity index is 526. The van der Waals surface area contributed by atoms with E-state index in [-0.39, 0.29) is 12.6 Å². The predicted octanol–water partition coefficient (Wildman–Crippen LogP) is 2.65. The van der Waals surface area contributed by atoms with Crippen molar-refractivity contribution in [2.75, 3.05) is 7.05 Å². The molecule has 0 radical (unpaired) electrons. The van der Waals surface area contributed by atoms with Crippen LogP contribution < -0.4 is 10.1 Å². The van der Waals surface area contributed by atoms with Gasteiger partial charge in [-0.2, -0.15) is 0 Å². The lowest BCUT2D eigenvalue weighted by molar-refractivity contribution is 0.276. The zero-order valence-corrected chi connectivity index (χ0v) is 11.1. The molecule has 0 saturated heterocycles. The number of rotatable bonds is 5. The number of aliphatic hydroxyl groups is 1. The fourth-order valence-electron chi connectivity index (χ4n) is 1.72. The molecule has 4 heteroatoms. The van der Waals surface area contributed by atoms with Crippen molar-refractivity contribution < 1.29 is 9.84 Å². The van der Waals surface area contributed by atoms with E-state index in [1.54, 1.807) is 6.20 Å². The third kappa shape index (κ3) is 3.30. The van der Waals surface area contributed by atoms with E-state index in [0.717, 1.165) is 11.1 Å². The Morgan fingerprint density at radius 2 is 2.05 bits per heavy atom. The van der Waals surface area contributed by atoms with Crippen molar-refractivity contribution in [1.29, 1.82) is 0 Å². The molecule has 2 rings (SSSR count). The van der Waals surface area contributed by atoms with Gasteiger partial charge in [0.05, 0.1) is 6.61 Å². The fourth-order valence-corrected chi connectivity index (χ4v) is 1.72. The molecular formula is C15H18N2O2. The Kier molecular flexibility index (Phi) is 4.49. The molecule has 0 bridgehead atoms. The molecule has 4 nitrogen and oxygen atoms in total. The lowest BCUT2D eigenvalue weighted by Gasteiger charge is -2.12. The van der Waals surface area contributed by atoms with Crippen LogP contribution in [0.15, 0.2) is 42.6 Å². The van der Waals surface area contributed by atoms with Crippen molar-refractivity contribution in [2.24, 2.45) is 0 Å². The molecule has 1 unspecified atom stereocenters. The van der Waals surface area contributed by atoms with Gasteiger partial charge in [-0.15, -0.1) is 0 Å². The highest BCUT2D eigenvalue weighted by Gasteiger charge is 2.06. The molecule has 2 aromatic rings. The van der Waals surface area contributed by atoms with Gasteiger partial charge < -0.3 is 15.2 Å². The number of ether oxygens (including phenoxy) is 1. The molecule has 100 valence electrons. The highest BCUT2D eigenvalue weighted by Crippen LogP contribution is 2.24. The number of nitrogens with zero attached hydrogens (tertiary/aromatic N) is 1. The van der Waals surface area contributed by atoms with Crippen LogP contribution in [0, 0.1) is 0 Å². The zero-order chi connectivity index (χ0) is 13.7. The molecule has 19 heavy (non-hydrogen) atoms. The number of benzene rings is 1. The number of hydrogen-bond donors (Lipinski definition) is 2. The second kappa shape index (κ2) is 6.31. The topological polar surface area (TPSA) is 54.4 Å². The van der Waals surface area contributed by atoms with Gasteiger partial charge in [-0.3, -0.25) is 0 Å². The molecule has 1 aromatic carbocycles. The smallest absolute Gasteiger partial charge is 0.219 e. The van der Waals surface area contributed by atoms with Gasteiger partial charge in [0.15, 0.2) is 0 Å². The van der Waals surface area contributed by atoms with Gasteiger partial charge in [-0.05, 0) is 25.6 Å². The molecule has 0 aliphatic rings. The van der Waals surface area contributed by atoms with Gasteiger partial charge in [0.25, 0.3) is 0 Å². The summed E-state index contributed by atoms with van der Waals surface area (Å²) in [6.45, 7) is 2.02. The first-order valence-electron chi connectivity index (χ1n) is 6.24. The molecule has 1 heterocycles. The van der Waals surface area contributed by atoms with Gasteiger partial charge in [-0.1, -0.05) is 24.3 Å². The van der Waals surface area contributed by atoms with Crippen molar-refractivity contribution >= 4 is 0 Å². The number of para-hydroxylation sites is 1. The largest absolute Gasteiger partial charge is 0.439 e. The number of nitrogens with one attached hydrogen (secondary N) is 1. The van der Waals surface area contributed by atoms with Gasteiger partial charge in [0.2, 0.25) is 5.88 Å². The average molecular weight is 258 g/mol. The molecule has 0 aliphatic heterocycles. The third-order valence-corrected chi connectivity index (χ3v) is 3.05. The number of aliphatic hydroxyl groups excluding tert-OH is 1. The zero-order valence-electron chi connectivity index (χ0n) is 11.1. The molecule has 0 fully saturated rings. The SMILES string of the molecule is CNC(C)c1ccc(Oc2ccccc2CO)nc1. The lowest BCUT2D eigenvalue weighted by Crippen LogP contribution is -2.12. The van der Waals surface area contributed by atoms with Crippen LogP contribution >= 0.6 is 0 Å². The Balaban J connectivity index is 2.15. The van der Waals surface area contributed by atoms with Gasteiger partial charge in [-0.25, -0.2) is 4.98 Å². The predicted molar refractivity (Wildman–Crippen MR) is 74.2 cm³/mol. The maximum atomic E-state index is 9.24. The minimum Gasteiger partial charge on any atom is -0.439 e.